The van der Waals surface area contributed by atoms with E-state index in [2.05, 4.69) is 20.7 Å². The Hall–Kier alpha value is -2.35. The maximum absolute atomic E-state index is 12.8. The van der Waals surface area contributed by atoms with Gasteiger partial charge in [-0.1, -0.05) is 100 Å². The van der Waals surface area contributed by atoms with Crippen LogP contribution < -0.4 is 5.43 Å². The normalized spacial score (nSPS) is 15.6. The molecule has 1 N–H and O–H groups in total. The smallest absolute Gasteiger partial charge is 0.254 e. The van der Waals surface area contributed by atoms with Gasteiger partial charge in [-0.05, 0) is 43.5 Å². The fourth-order valence-corrected chi connectivity index (χ4v) is 6.26. The van der Waals surface area contributed by atoms with E-state index in [0.29, 0.717) is 27.9 Å². The predicted octanol–water partition coefficient (Wildman–Crippen LogP) is 8.22. The minimum atomic E-state index is -0.525. The van der Waals surface area contributed by atoms with Crippen LogP contribution in [-0.2, 0) is 4.79 Å². The molecular formula is C27H20Cl4N4OS. The highest BCUT2D eigenvalue weighted by atomic mass is 35.5. The molecule has 5 rings (SSSR count). The number of carbonyl (C=O) groups excluding carboxylic acids is 1. The van der Waals surface area contributed by atoms with Crippen molar-refractivity contribution >= 4 is 80.6 Å². The maximum Gasteiger partial charge on any atom is 0.254 e. The lowest BCUT2D eigenvalue weighted by molar-refractivity contribution is -0.120. The molecule has 0 radical (unpaired) electrons. The zero-order chi connectivity index (χ0) is 26.4. The van der Waals surface area contributed by atoms with Crippen LogP contribution in [0.15, 0.2) is 52.6 Å². The molecular weight excluding hydrogens is 570 g/mol. The van der Waals surface area contributed by atoms with Crippen molar-refractivity contribution in [1.29, 1.82) is 0 Å². The van der Waals surface area contributed by atoms with Gasteiger partial charge in [0, 0.05) is 22.8 Å². The summed E-state index contributed by atoms with van der Waals surface area (Å²) < 4.78 is 0. The molecule has 3 aromatic carbocycles. The number of halogens is 4. The minimum Gasteiger partial charge on any atom is -0.272 e. The predicted molar refractivity (Wildman–Crippen MR) is 155 cm³/mol. The summed E-state index contributed by atoms with van der Waals surface area (Å²) >= 11 is 27.6. The number of aromatic nitrogens is 2. The molecule has 0 spiro atoms. The summed E-state index contributed by atoms with van der Waals surface area (Å²) in [7, 11) is 0. The topological polar surface area (TPSA) is 67.2 Å². The number of carbonyl (C=O) groups is 1. The summed E-state index contributed by atoms with van der Waals surface area (Å²) in [6.07, 6.45) is 0.397. The van der Waals surface area contributed by atoms with Crippen LogP contribution >= 0.6 is 58.2 Å². The van der Waals surface area contributed by atoms with Gasteiger partial charge in [-0.15, -0.1) is 10.2 Å². The minimum absolute atomic E-state index is 0.122. The fraction of sp³-hybridized carbons (Fsp3) is 0.185. The van der Waals surface area contributed by atoms with Gasteiger partial charge >= 0.3 is 0 Å². The molecule has 5 nitrogen and oxygen atoms in total. The monoisotopic (exact) mass is 588 g/mol. The van der Waals surface area contributed by atoms with Crippen molar-refractivity contribution in [3.05, 3.63) is 84.8 Å². The molecule has 1 aliphatic rings. The molecule has 0 bridgehead atoms. The number of thioether (sulfide) groups is 1. The second-order valence-electron chi connectivity index (χ2n) is 8.87. The van der Waals surface area contributed by atoms with Gasteiger partial charge in [0.15, 0.2) is 0 Å². The number of nitrogens with one attached hydrogen (secondary N) is 1. The SMILES string of the molecule is Cc1ccc(C2=NNC(=O)C(Sc3nnc(-c4ccc(C)c(C)c4)c4c(Cl)c(Cl)c(Cl)c(Cl)c34)C2)cc1. The number of aryl methyl sites for hydroxylation is 3. The van der Waals surface area contributed by atoms with Crippen LogP contribution in [0.25, 0.3) is 22.0 Å². The van der Waals surface area contributed by atoms with E-state index in [-0.39, 0.29) is 26.0 Å². The first kappa shape index (κ1) is 26.3. The third-order valence-electron chi connectivity index (χ3n) is 6.35. The van der Waals surface area contributed by atoms with Crippen molar-refractivity contribution in [2.75, 3.05) is 0 Å². The van der Waals surface area contributed by atoms with Gasteiger partial charge in [-0.2, -0.15) is 5.10 Å². The first-order valence-corrected chi connectivity index (χ1v) is 13.7. The second-order valence-corrected chi connectivity index (χ2v) is 11.6. The molecule has 0 saturated heterocycles. The zero-order valence-electron chi connectivity index (χ0n) is 20.0. The van der Waals surface area contributed by atoms with E-state index < -0.39 is 5.25 Å². The lowest BCUT2D eigenvalue weighted by atomic mass is 10.0. The number of hydrogen-bond donors (Lipinski definition) is 1. The van der Waals surface area contributed by atoms with Gasteiger partial charge in [0.1, 0.15) is 10.7 Å². The van der Waals surface area contributed by atoms with E-state index in [4.69, 9.17) is 46.4 Å². The fourth-order valence-electron chi connectivity index (χ4n) is 4.09. The van der Waals surface area contributed by atoms with Gasteiger partial charge in [-0.3, -0.25) is 4.79 Å². The highest BCUT2D eigenvalue weighted by molar-refractivity contribution is 8.00. The third kappa shape index (κ3) is 4.93. The highest BCUT2D eigenvalue weighted by Gasteiger charge is 2.30. The number of amides is 1. The van der Waals surface area contributed by atoms with Crippen molar-refractivity contribution < 1.29 is 4.79 Å². The van der Waals surface area contributed by atoms with Gasteiger partial charge in [0.05, 0.1) is 31.1 Å². The van der Waals surface area contributed by atoms with E-state index in [1.807, 2.05) is 63.2 Å². The zero-order valence-corrected chi connectivity index (χ0v) is 23.8. The molecule has 1 aliphatic heterocycles. The number of rotatable bonds is 4. The Labute approximate surface area is 238 Å². The summed E-state index contributed by atoms with van der Waals surface area (Å²) in [6, 6.07) is 14.0. The average Bonchev–Trinajstić information content (AvgIpc) is 2.89. The Morgan fingerprint density at radius 2 is 1.46 bits per heavy atom. The van der Waals surface area contributed by atoms with E-state index in [1.54, 1.807) is 0 Å². The van der Waals surface area contributed by atoms with Crippen molar-refractivity contribution in [2.24, 2.45) is 5.10 Å². The number of hydrogen-bond acceptors (Lipinski definition) is 5. The molecule has 37 heavy (non-hydrogen) atoms. The van der Waals surface area contributed by atoms with E-state index >= 15 is 0 Å². The van der Waals surface area contributed by atoms with Crippen LogP contribution in [-0.4, -0.2) is 27.1 Å². The lowest BCUT2D eigenvalue weighted by Crippen LogP contribution is -2.37. The molecule has 4 aromatic rings. The summed E-state index contributed by atoms with van der Waals surface area (Å²) in [5.41, 5.74) is 9.07. The van der Waals surface area contributed by atoms with Crippen molar-refractivity contribution in [3.8, 4) is 11.3 Å². The van der Waals surface area contributed by atoms with E-state index in [9.17, 15) is 4.79 Å². The molecule has 0 saturated carbocycles. The van der Waals surface area contributed by atoms with E-state index in [0.717, 1.165) is 33.5 Å². The number of hydrazone groups is 1. The second kappa shape index (κ2) is 10.4. The first-order valence-electron chi connectivity index (χ1n) is 11.4. The number of nitrogens with zero attached hydrogens (tertiary/aromatic N) is 3. The average molecular weight is 590 g/mol. The van der Waals surface area contributed by atoms with Crippen LogP contribution in [0.4, 0.5) is 0 Å². The number of fused-ring (bicyclic) bond motifs is 1. The molecule has 0 fully saturated rings. The van der Waals surface area contributed by atoms with Crippen molar-refractivity contribution in [2.45, 2.75) is 37.5 Å². The van der Waals surface area contributed by atoms with Crippen molar-refractivity contribution in [1.82, 2.24) is 15.6 Å². The summed E-state index contributed by atoms with van der Waals surface area (Å²) in [5, 5.41) is 14.9. The molecule has 0 aliphatic carbocycles. The quantitative estimate of drug-likeness (QED) is 0.192. The summed E-state index contributed by atoms with van der Waals surface area (Å²) in [6.45, 7) is 6.07. The molecule has 1 atom stereocenters. The van der Waals surface area contributed by atoms with Crippen LogP contribution in [0, 0.1) is 20.8 Å². The van der Waals surface area contributed by atoms with Gasteiger partial charge < -0.3 is 0 Å². The Morgan fingerprint density at radius 1 is 0.811 bits per heavy atom. The molecule has 188 valence electrons. The van der Waals surface area contributed by atoms with Crippen LogP contribution in [0.5, 0.6) is 0 Å². The molecule has 10 heteroatoms. The lowest BCUT2D eigenvalue weighted by Gasteiger charge is -2.22. The first-order chi connectivity index (χ1) is 17.7. The molecule has 1 aromatic heterocycles. The Morgan fingerprint density at radius 3 is 2.14 bits per heavy atom. The Bertz CT molecular complexity index is 1610. The largest absolute Gasteiger partial charge is 0.272 e. The van der Waals surface area contributed by atoms with Gasteiger partial charge in [-0.25, -0.2) is 5.43 Å². The van der Waals surface area contributed by atoms with Gasteiger partial charge in [0.25, 0.3) is 5.91 Å². The van der Waals surface area contributed by atoms with Crippen molar-refractivity contribution in [3.63, 3.8) is 0 Å². The van der Waals surface area contributed by atoms with Gasteiger partial charge in [0.2, 0.25) is 0 Å². The Kier molecular flexibility index (Phi) is 7.40. The van der Waals surface area contributed by atoms with E-state index in [1.165, 1.54) is 11.8 Å². The standard InChI is InChI=1S/C27H20Cl4N4OS/c1-12-4-7-15(8-5-12)17-11-18(26(36)34-32-17)37-27-20-19(21(28)23(30)24(31)22(20)29)25(33-35-27)16-9-6-13(2)14(3)10-16/h4-10,18H,11H2,1-3H3,(H,34,36). The molecule has 1 unspecified atom stereocenters. The Balaban J connectivity index is 1.62. The summed E-state index contributed by atoms with van der Waals surface area (Å²) in [5.74, 6) is -0.240. The van der Waals surface area contributed by atoms with Crippen LogP contribution in [0.3, 0.4) is 0 Å². The van der Waals surface area contributed by atoms with Crippen LogP contribution in [0.2, 0.25) is 20.1 Å². The summed E-state index contributed by atoms with van der Waals surface area (Å²) in [4.78, 5) is 12.8. The van der Waals surface area contributed by atoms with Crippen LogP contribution in [0.1, 0.15) is 28.7 Å². The molecule has 1 amide bonds. The molecule has 2 heterocycles. The number of benzene rings is 3. The third-order valence-corrected chi connectivity index (χ3v) is 9.33. The highest BCUT2D eigenvalue weighted by Crippen LogP contribution is 2.48. The maximum atomic E-state index is 12.8.